The Morgan fingerprint density at radius 1 is 1.37 bits per heavy atom. The lowest BCUT2D eigenvalue weighted by molar-refractivity contribution is 0.592. The number of halogens is 2. The number of rotatable bonds is 3. The van der Waals surface area contributed by atoms with Crippen molar-refractivity contribution in [2.24, 2.45) is 7.05 Å². The molecule has 6 nitrogen and oxygen atoms in total. The van der Waals surface area contributed by atoms with Crippen molar-refractivity contribution in [2.75, 3.05) is 10.5 Å². The van der Waals surface area contributed by atoms with Crippen LogP contribution in [0.1, 0.15) is 0 Å². The summed E-state index contributed by atoms with van der Waals surface area (Å²) in [6, 6.07) is 6.54. The highest BCUT2D eigenvalue weighted by molar-refractivity contribution is 7.92. The molecule has 0 aliphatic rings. The monoisotopic (exact) mass is 322 g/mol. The molecule has 0 amide bonds. The van der Waals surface area contributed by atoms with Crippen LogP contribution in [0.15, 0.2) is 35.6 Å². The van der Waals surface area contributed by atoms with Gasteiger partial charge in [-0.25, -0.2) is 4.98 Å². The fourth-order valence-corrected chi connectivity index (χ4v) is 3.06. The standard InChI is InChI=1S/C10H11ClN4O2S.ClH/c1-15-6-13-9(12)10(15)18(16,17)14-8-5-3-2-4-7(8)11;/h2-6,14H,12H2,1H3;1H. The molecule has 19 heavy (non-hydrogen) atoms. The quantitative estimate of drug-likeness (QED) is 0.902. The molecule has 2 rings (SSSR count). The molecule has 0 aliphatic carbocycles. The molecule has 0 fully saturated rings. The lowest BCUT2D eigenvalue weighted by Crippen LogP contribution is -2.17. The largest absolute Gasteiger partial charge is 0.381 e. The Hall–Kier alpha value is -1.44. The number of hydrogen-bond acceptors (Lipinski definition) is 4. The van der Waals surface area contributed by atoms with Gasteiger partial charge in [-0.2, -0.15) is 8.42 Å². The molecule has 0 spiro atoms. The summed E-state index contributed by atoms with van der Waals surface area (Å²) in [6.07, 6.45) is 1.33. The van der Waals surface area contributed by atoms with Crippen LogP contribution in [0.4, 0.5) is 11.5 Å². The van der Waals surface area contributed by atoms with Gasteiger partial charge in [0, 0.05) is 7.05 Å². The van der Waals surface area contributed by atoms with E-state index in [9.17, 15) is 8.42 Å². The highest BCUT2D eigenvalue weighted by atomic mass is 35.5. The Balaban J connectivity index is 0.00000180. The molecule has 0 atom stereocenters. The number of aromatic nitrogens is 2. The minimum Gasteiger partial charge on any atom is -0.381 e. The van der Waals surface area contributed by atoms with Crippen LogP contribution >= 0.6 is 24.0 Å². The molecule has 0 unspecified atom stereocenters. The van der Waals surface area contributed by atoms with E-state index in [1.54, 1.807) is 31.3 Å². The van der Waals surface area contributed by atoms with E-state index in [2.05, 4.69) is 9.71 Å². The fraction of sp³-hybridized carbons (Fsp3) is 0.100. The number of sulfonamides is 1. The first-order chi connectivity index (χ1) is 8.42. The Bertz CT molecular complexity index is 665. The number of imidazole rings is 1. The number of benzene rings is 1. The van der Waals surface area contributed by atoms with E-state index in [-0.39, 0.29) is 23.3 Å². The number of nitrogen functional groups attached to an aromatic ring is 1. The molecule has 1 aromatic carbocycles. The highest BCUT2D eigenvalue weighted by Gasteiger charge is 2.23. The molecule has 2 aromatic rings. The van der Waals surface area contributed by atoms with E-state index in [1.807, 2.05) is 0 Å². The molecular formula is C10H12Cl2N4O2S. The van der Waals surface area contributed by atoms with Crippen LogP contribution in [-0.2, 0) is 17.1 Å². The minimum absolute atomic E-state index is 0. The number of nitrogens with zero attached hydrogens (tertiary/aromatic N) is 2. The third kappa shape index (κ3) is 3.12. The van der Waals surface area contributed by atoms with Crippen molar-refractivity contribution in [2.45, 2.75) is 5.03 Å². The maximum atomic E-state index is 12.1. The molecule has 1 aromatic heterocycles. The molecule has 9 heteroatoms. The van der Waals surface area contributed by atoms with Gasteiger partial charge >= 0.3 is 0 Å². The number of aryl methyl sites for hydroxylation is 1. The average Bonchev–Trinajstić information content (AvgIpc) is 2.62. The predicted octanol–water partition coefficient (Wildman–Crippen LogP) is 1.88. The van der Waals surface area contributed by atoms with Crippen LogP contribution in [0.5, 0.6) is 0 Å². The Morgan fingerprint density at radius 2 is 2.00 bits per heavy atom. The maximum absolute atomic E-state index is 12.1. The zero-order valence-electron chi connectivity index (χ0n) is 9.87. The van der Waals surface area contributed by atoms with Crippen molar-refractivity contribution in [3.05, 3.63) is 35.6 Å². The molecule has 0 saturated heterocycles. The summed E-state index contributed by atoms with van der Waals surface area (Å²) in [7, 11) is -2.27. The van der Waals surface area contributed by atoms with Crippen LogP contribution in [0.2, 0.25) is 5.02 Å². The topological polar surface area (TPSA) is 90.0 Å². The van der Waals surface area contributed by atoms with Gasteiger partial charge in [0.1, 0.15) is 0 Å². The molecule has 0 saturated carbocycles. The van der Waals surface area contributed by atoms with Crippen molar-refractivity contribution >= 4 is 45.5 Å². The van der Waals surface area contributed by atoms with Crippen molar-refractivity contribution in [1.29, 1.82) is 0 Å². The highest BCUT2D eigenvalue weighted by Crippen LogP contribution is 2.25. The summed E-state index contributed by atoms with van der Waals surface area (Å²) in [4.78, 5) is 3.74. The SMILES string of the molecule is Cl.Cn1cnc(N)c1S(=O)(=O)Nc1ccccc1Cl. The van der Waals surface area contributed by atoms with Crippen LogP contribution in [-0.4, -0.2) is 18.0 Å². The summed E-state index contributed by atoms with van der Waals surface area (Å²) in [5.74, 6) is -0.0583. The molecule has 0 radical (unpaired) electrons. The smallest absolute Gasteiger partial charge is 0.281 e. The predicted molar refractivity (Wildman–Crippen MR) is 77.1 cm³/mol. The Morgan fingerprint density at radius 3 is 2.53 bits per heavy atom. The van der Waals surface area contributed by atoms with Crippen LogP contribution < -0.4 is 10.5 Å². The molecule has 1 heterocycles. The Labute approximate surface area is 122 Å². The number of para-hydroxylation sites is 1. The second-order valence-corrected chi connectivity index (χ2v) is 5.64. The first-order valence-corrected chi connectivity index (χ1v) is 6.82. The van der Waals surface area contributed by atoms with Gasteiger partial charge in [0.15, 0.2) is 10.8 Å². The van der Waals surface area contributed by atoms with Gasteiger partial charge in [-0.3, -0.25) is 4.72 Å². The van der Waals surface area contributed by atoms with Crippen molar-refractivity contribution in [3.63, 3.8) is 0 Å². The van der Waals surface area contributed by atoms with Gasteiger partial charge in [0.2, 0.25) is 0 Å². The van der Waals surface area contributed by atoms with Gasteiger partial charge in [-0.1, -0.05) is 23.7 Å². The Kier molecular flexibility index (Phi) is 4.67. The first-order valence-electron chi connectivity index (χ1n) is 4.96. The molecular weight excluding hydrogens is 311 g/mol. The van der Waals surface area contributed by atoms with Crippen molar-refractivity contribution in [3.8, 4) is 0 Å². The van der Waals surface area contributed by atoms with E-state index < -0.39 is 10.0 Å². The summed E-state index contributed by atoms with van der Waals surface area (Å²) in [5, 5.41) is 0.212. The van der Waals surface area contributed by atoms with Crippen LogP contribution in [0.25, 0.3) is 0 Å². The summed E-state index contributed by atoms with van der Waals surface area (Å²) in [5.41, 5.74) is 5.83. The van der Waals surface area contributed by atoms with E-state index >= 15 is 0 Å². The average molecular weight is 323 g/mol. The van der Waals surface area contributed by atoms with Gasteiger partial charge < -0.3 is 10.3 Å². The minimum atomic E-state index is -3.81. The first kappa shape index (κ1) is 15.6. The van der Waals surface area contributed by atoms with Gasteiger partial charge in [0.05, 0.1) is 17.0 Å². The summed E-state index contributed by atoms with van der Waals surface area (Å²) in [6.45, 7) is 0. The number of nitrogens with one attached hydrogen (secondary N) is 1. The maximum Gasteiger partial charge on any atom is 0.281 e. The van der Waals surface area contributed by atoms with E-state index in [0.29, 0.717) is 10.7 Å². The second kappa shape index (κ2) is 5.68. The normalized spacial score (nSPS) is 10.8. The van der Waals surface area contributed by atoms with E-state index in [0.717, 1.165) is 0 Å². The number of nitrogens with two attached hydrogens (primary N) is 1. The third-order valence-corrected chi connectivity index (χ3v) is 4.11. The lowest BCUT2D eigenvalue weighted by Gasteiger charge is -2.10. The number of anilines is 2. The molecule has 104 valence electrons. The third-order valence-electron chi connectivity index (χ3n) is 2.28. The van der Waals surface area contributed by atoms with E-state index in [4.69, 9.17) is 17.3 Å². The summed E-state index contributed by atoms with van der Waals surface area (Å²) >= 11 is 5.89. The number of hydrogen-bond donors (Lipinski definition) is 2. The van der Waals surface area contributed by atoms with Crippen LogP contribution in [0.3, 0.4) is 0 Å². The second-order valence-electron chi connectivity index (χ2n) is 3.63. The summed E-state index contributed by atoms with van der Waals surface area (Å²) < 4.78 is 28.0. The lowest BCUT2D eigenvalue weighted by atomic mass is 10.3. The van der Waals surface area contributed by atoms with Gasteiger partial charge in [-0.05, 0) is 12.1 Å². The van der Waals surface area contributed by atoms with Crippen LogP contribution in [0, 0.1) is 0 Å². The zero-order chi connectivity index (χ0) is 13.3. The van der Waals surface area contributed by atoms with E-state index in [1.165, 1.54) is 10.9 Å². The van der Waals surface area contributed by atoms with Crippen molar-refractivity contribution in [1.82, 2.24) is 9.55 Å². The van der Waals surface area contributed by atoms with Crippen molar-refractivity contribution < 1.29 is 8.42 Å². The fourth-order valence-electron chi connectivity index (χ4n) is 1.50. The van der Waals surface area contributed by atoms with Gasteiger partial charge in [0.25, 0.3) is 10.0 Å². The molecule has 0 aliphatic heterocycles. The van der Waals surface area contributed by atoms with Gasteiger partial charge in [-0.15, -0.1) is 12.4 Å². The molecule has 0 bridgehead atoms. The molecule has 3 N–H and O–H groups in total. The zero-order valence-corrected chi connectivity index (χ0v) is 12.3.